The van der Waals surface area contributed by atoms with Crippen LogP contribution in [0.5, 0.6) is 0 Å². The lowest BCUT2D eigenvalue weighted by atomic mass is 9.84. The fraction of sp³-hybridized carbons (Fsp3) is 0.588. The molecule has 24 heavy (non-hydrogen) atoms. The molecule has 1 atom stereocenters. The molecule has 132 valence electrons. The molecule has 3 aliphatic rings. The average Bonchev–Trinajstić information content (AvgIpc) is 2.61. The van der Waals surface area contributed by atoms with Gasteiger partial charge < -0.3 is 9.64 Å². The van der Waals surface area contributed by atoms with Crippen molar-refractivity contribution in [2.75, 3.05) is 33.8 Å². The van der Waals surface area contributed by atoms with Crippen LogP contribution in [0.3, 0.4) is 0 Å². The molecule has 0 saturated carbocycles. The lowest BCUT2D eigenvalue weighted by Gasteiger charge is -2.47. The number of carbonyl (C=O) groups excluding carboxylic acids is 1. The van der Waals surface area contributed by atoms with Gasteiger partial charge in [0.05, 0.1) is 17.6 Å². The number of sulfonamides is 1. The molecule has 0 unspecified atom stereocenters. The van der Waals surface area contributed by atoms with Gasteiger partial charge in [-0.1, -0.05) is 6.07 Å². The average molecular weight is 352 g/mol. The van der Waals surface area contributed by atoms with Crippen LogP contribution in [0.1, 0.15) is 28.8 Å². The number of esters is 1. The zero-order chi connectivity index (χ0) is 17.5. The van der Waals surface area contributed by atoms with Crippen molar-refractivity contribution >= 4 is 16.0 Å². The Balaban J connectivity index is 1.91. The van der Waals surface area contributed by atoms with E-state index < -0.39 is 16.0 Å². The minimum Gasteiger partial charge on any atom is -0.465 e. The van der Waals surface area contributed by atoms with Gasteiger partial charge in [-0.05, 0) is 56.5 Å². The first-order chi connectivity index (χ1) is 11.3. The number of methoxy groups -OCH3 is 1. The number of fused-ring (bicyclic) bond motifs is 3. The molecule has 2 bridgehead atoms. The molecule has 0 N–H and O–H groups in total. The van der Waals surface area contributed by atoms with E-state index in [1.165, 1.54) is 17.5 Å². The second-order valence-electron chi connectivity index (χ2n) is 6.69. The van der Waals surface area contributed by atoms with Gasteiger partial charge in [-0.15, -0.1) is 0 Å². The van der Waals surface area contributed by atoms with Gasteiger partial charge in [-0.2, -0.15) is 4.31 Å². The molecule has 0 spiro atoms. The van der Waals surface area contributed by atoms with E-state index in [0.29, 0.717) is 17.0 Å². The summed E-state index contributed by atoms with van der Waals surface area (Å²) >= 11 is 0. The van der Waals surface area contributed by atoms with Crippen molar-refractivity contribution in [2.45, 2.75) is 30.7 Å². The van der Waals surface area contributed by atoms with Gasteiger partial charge in [0.2, 0.25) is 10.0 Å². The number of ether oxygens (including phenoxy) is 1. The lowest BCUT2D eigenvalue weighted by molar-refractivity contribution is 0.0465. The number of likely N-dealkylation sites (N-methyl/N-ethyl adjacent to an activating group) is 1. The molecule has 7 heteroatoms. The normalized spacial score (nSPS) is 26.6. The molecule has 1 aromatic rings. The second-order valence-corrected chi connectivity index (χ2v) is 8.69. The molecule has 0 aromatic heterocycles. The number of benzene rings is 1. The zero-order valence-corrected chi connectivity index (χ0v) is 15.2. The summed E-state index contributed by atoms with van der Waals surface area (Å²) in [4.78, 5) is 14.3. The van der Waals surface area contributed by atoms with Crippen LogP contribution in [0.2, 0.25) is 0 Å². The third-order valence-corrected chi connectivity index (χ3v) is 7.26. The van der Waals surface area contributed by atoms with Crippen molar-refractivity contribution in [3.8, 4) is 0 Å². The Bertz CT molecular complexity index is 739. The Hall–Kier alpha value is -1.44. The van der Waals surface area contributed by atoms with E-state index >= 15 is 0 Å². The van der Waals surface area contributed by atoms with Crippen LogP contribution in [-0.2, 0) is 14.8 Å². The number of carbonyl (C=O) groups is 1. The first kappa shape index (κ1) is 17.4. The summed E-state index contributed by atoms with van der Waals surface area (Å²) in [5, 5.41) is 0. The molecule has 3 aliphatic heterocycles. The van der Waals surface area contributed by atoms with Gasteiger partial charge in [0, 0.05) is 19.6 Å². The fourth-order valence-corrected chi connectivity index (χ4v) is 5.22. The summed E-state index contributed by atoms with van der Waals surface area (Å²) < 4.78 is 32.3. The molecule has 1 aromatic carbocycles. The summed E-state index contributed by atoms with van der Waals surface area (Å²) in [5.41, 5.74) is 0.993. The van der Waals surface area contributed by atoms with Crippen molar-refractivity contribution in [2.24, 2.45) is 5.92 Å². The maximum absolute atomic E-state index is 13.0. The van der Waals surface area contributed by atoms with E-state index in [4.69, 9.17) is 4.74 Å². The number of rotatable bonds is 4. The quantitative estimate of drug-likeness (QED) is 0.768. The van der Waals surface area contributed by atoms with Crippen LogP contribution in [0, 0.1) is 12.8 Å². The maximum atomic E-state index is 13.0. The third-order valence-electron chi connectivity index (χ3n) is 5.38. The van der Waals surface area contributed by atoms with Gasteiger partial charge in [0.1, 0.15) is 0 Å². The van der Waals surface area contributed by atoms with E-state index in [9.17, 15) is 13.2 Å². The van der Waals surface area contributed by atoms with Gasteiger partial charge in [0.15, 0.2) is 0 Å². The summed E-state index contributed by atoms with van der Waals surface area (Å²) in [6.45, 7) is 4.67. The summed E-state index contributed by atoms with van der Waals surface area (Å²) in [6.07, 6.45) is 2.09. The minimum atomic E-state index is -3.64. The molecule has 0 amide bonds. The smallest absolute Gasteiger partial charge is 0.338 e. The predicted molar refractivity (Wildman–Crippen MR) is 90.4 cm³/mol. The molecule has 3 fully saturated rings. The first-order valence-corrected chi connectivity index (χ1v) is 9.68. The highest BCUT2D eigenvalue weighted by Gasteiger charge is 2.40. The maximum Gasteiger partial charge on any atom is 0.338 e. The highest BCUT2D eigenvalue weighted by Crippen LogP contribution is 2.33. The van der Waals surface area contributed by atoms with Crippen LogP contribution in [0.15, 0.2) is 23.1 Å². The molecule has 3 saturated heterocycles. The highest BCUT2D eigenvalue weighted by molar-refractivity contribution is 7.89. The van der Waals surface area contributed by atoms with E-state index in [1.54, 1.807) is 26.1 Å². The monoisotopic (exact) mass is 352 g/mol. The molecule has 0 radical (unpaired) electrons. The Morgan fingerprint density at radius 1 is 1.29 bits per heavy atom. The van der Waals surface area contributed by atoms with Crippen molar-refractivity contribution in [1.29, 1.82) is 0 Å². The number of piperidine rings is 3. The first-order valence-electron chi connectivity index (χ1n) is 8.24. The molecule has 4 rings (SSSR count). The van der Waals surface area contributed by atoms with Gasteiger partial charge in [0.25, 0.3) is 0 Å². The molecule has 6 nitrogen and oxygen atoms in total. The van der Waals surface area contributed by atoms with E-state index in [2.05, 4.69) is 4.90 Å². The molecular formula is C17H24N2O4S. The highest BCUT2D eigenvalue weighted by atomic mass is 32.2. The van der Waals surface area contributed by atoms with Gasteiger partial charge in [-0.25, -0.2) is 13.2 Å². The standard InChI is InChI=1S/C17H24N2O4S/c1-12-4-5-14(10-15(12)17(20)23-3)24(21,22)18(2)16-11-19-8-6-13(16)7-9-19/h4-5,10,13,16H,6-9,11H2,1-3H3/t16-/m0/s1. The third kappa shape index (κ3) is 2.96. The van der Waals surface area contributed by atoms with Crippen molar-refractivity contribution in [3.05, 3.63) is 29.3 Å². The SMILES string of the molecule is COC(=O)c1cc(S(=O)(=O)N(C)[C@H]2CN3CCC2CC3)ccc1C. The topological polar surface area (TPSA) is 66.9 Å². The van der Waals surface area contributed by atoms with Crippen molar-refractivity contribution < 1.29 is 17.9 Å². The summed E-state index contributed by atoms with van der Waals surface area (Å²) in [6, 6.07) is 4.65. The minimum absolute atomic E-state index is 0.000352. The van der Waals surface area contributed by atoms with E-state index in [0.717, 1.165) is 32.5 Å². The fourth-order valence-electron chi connectivity index (χ4n) is 3.78. The molecule has 3 heterocycles. The van der Waals surface area contributed by atoms with Crippen LogP contribution in [0.25, 0.3) is 0 Å². The Labute approximate surface area is 143 Å². The Morgan fingerprint density at radius 3 is 2.50 bits per heavy atom. The van der Waals surface area contributed by atoms with E-state index in [1.807, 2.05) is 0 Å². The van der Waals surface area contributed by atoms with E-state index in [-0.39, 0.29) is 10.9 Å². The van der Waals surface area contributed by atoms with Crippen molar-refractivity contribution in [3.63, 3.8) is 0 Å². The number of nitrogens with zero attached hydrogens (tertiary/aromatic N) is 2. The largest absolute Gasteiger partial charge is 0.465 e. The summed E-state index contributed by atoms with van der Waals surface area (Å²) in [7, 11) is -0.697. The van der Waals surface area contributed by atoms with Crippen LogP contribution in [0.4, 0.5) is 0 Å². The van der Waals surface area contributed by atoms with Crippen LogP contribution < -0.4 is 0 Å². The molecular weight excluding hydrogens is 328 g/mol. The second kappa shape index (κ2) is 6.46. The van der Waals surface area contributed by atoms with Gasteiger partial charge >= 0.3 is 5.97 Å². The van der Waals surface area contributed by atoms with Crippen LogP contribution >= 0.6 is 0 Å². The summed E-state index contributed by atoms with van der Waals surface area (Å²) in [5.74, 6) is -0.102. The Kier molecular flexibility index (Phi) is 4.68. The Morgan fingerprint density at radius 2 is 1.96 bits per heavy atom. The number of hydrogen-bond acceptors (Lipinski definition) is 5. The predicted octanol–water partition coefficient (Wildman–Crippen LogP) is 1.50. The zero-order valence-electron chi connectivity index (χ0n) is 14.4. The lowest BCUT2D eigenvalue weighted by Crippen LogP contribution is -2.57. The number of hydrogen-bond donors (Lipinski definition) is 0. The molecule has 0 aliphatic carbocycles. The van der Waals surface area contributed by atoms with Crippen LogP contribution in [-0.4, -0.2) is 63.4 Å². The number of aryl methyl sites for hydroxylation is 1. The van der Waals surface area contributed by atoms with Crippen molar-refractivity contribution in [1.82, 2.24) is 9.21 Å². The van der Waals surface area contributed by atoms with Gasteiger partial charge in [-0.3, -0.25) is 0 Å².